The Bertz CT molecular complexity index is 468. The van der Waals surface area contributed by atoms with Crippen molar-refractivity contribution in [2.24, 2.45) is 0 Å². The van der Waals surface area contributed by atoms with Gasteiger partial charge in [0.05, 0.1) is 11.6 Å². The second kappa shape index (κ2) is 2.73. The zero-order valence-electron chi connectivity index (χ0n) is 6.39. The molecule has 0 radical (unpaired) electrons. The predicted molar refractivity (Wildman–Crippen MR) is 41.6 cm³/mol. The van der Waals surface area contributed by atoms with Crippen molar-refractivity contribution < 1.29 is 13.2 Å². The van der Waals surface area contributed by atoms with Gasteiger partial charge in [-0.1, -0.05) is 0 Å². The number of benzene rings is 1. The molecule has 0 spiro atoms. The maximum Gasteiger partial charge on any atom is 0.152 e. The largest absolute Gasteiger partial charge is 0.261 e. The Morgan fingerprint density at radius 2 is 1.69 bits per heavy atom. The van der Waals surface area contributed by atoms with Gasteiger partial charge in [0.15, 0.2) is 5.82 Å². The van der Waals surface area contributed by atoms with Gasteiger partial charge in [-0.3, -0.25) is 4.98 Å². The minimum atomic E-state index is -0.908. The molecule has 1 aromatic heterocycles. The third kappa shape index (κ3) is 1.24. The maximum atomic E-state index is 13.0. The van der Waals surface area contributed by atoms with E-state index in [0.29, 0.717) is 6.07 Å². The third-order valence-corrected chi connectivity index (χ3v) is 1.73. The van der Waals surface area contributed by atoms with Crippen LogP contribution in [-0.4, -0.2) is 4.98 Å². The summed E-state index contributed by atoms with van der Waals surface area (Å²) >= 11 is 0. The lowest BCUT2D eigenvalue weighted by Crippen LogP contribution is -1.88. The molecule has 0 aliphatic rings. The number of hydrogen-bond donors (Lipinski definition) is 0. The van der Waals surface area contributed by atoms with Crippen LogP contribution in [0.5, 0.6) is 0 Å². The van der Waals surface area contributed by atoms with Crippen molar-refractivity contribution in [3.63, 3.8) is 0 Å². The predicted octanol–water partition coefficient (Wildman–Crippen LogP) is 2.65. The SMILES string of the molecule is Fc1cc(F)c2c(F)cncc2c1. The van der Waals surface area contributed by atoms with E-state index in [1.165, 1.54) is 6.20 Å². The smallest absolute Gasteiger partial charge is 0.152 e. The number of halogens is 3. The molecular formula is C9H4F3N. The molecule has 0 aliphatic heterocycles. The molecule has 4 heteroatoms. The van der Waals surface area contributed by atoms with Crippen LogP contribution in [0.3, 0.4) is 0 Å². The summed E-state index contributed by atoms with van der Waals surface area (Å²) in [5, 5.41) is -0.103. The zero-order valence-corrected chi connectivity index (χ0v) is 6.39. The molecule has 0 bridgehead atoms. The Morgan fingerprint density at radius 3 is 2.46 bits per heavy atom. The second-order valence-electron chi connectivity index (χ2n) is 2.61. The highest BCUT2D eigenvalue weighted by Crippen LogP contribution is 2.20. The van der Waals surface area contributed by atoms with Gasteiger partial charge < -0.3 is 0 Å². The van der Waals surface area contributed by atoms with Gasteiger partial charge in [0.1, 0.15) is 11.6 Å². The Hall–Kier alpha value is -1.58. The summed E-state index contributed by atoms with van der Waals surface area (Å²) in [5.41, 5.74) is 0. The van der Waals surface area contributed by atoms with E-state index in [-0.39, 0.29) is 10.8 Å². The lowest BCUT2D eigenvalue weighted by atomic mass is 10.1. The molecule has 0 amide bonds. The van der Waals surface area contributed by atoms with Crippen molar-refractivity contribution in [1.82, 2.24) is 4.98 Å². The molecule has 2 rings (SSSR count). The van der Waals surface area contributed by atoms with Crippen LogP contribution in [0.25, 0.3) is 10.8 Å². The Balaban J connectivity index is 2.94. The fourth-order valence-corrected chi connectivity index (χ4v) is 1.19. The molecule has 1 nitrogen and oxygen atoms in total. The van der Waals surface area contributed by atoms with Gasteiger partial charge >= 0.3 is 0 Å². The van der Waals surface area contributed by atoms with Crippen molar-refractivity contribution in [2.75, 3.05) is 0 Å². The van der Waals surface area contributed by atoms with Crippen LogP contribution >= 0.6 is 0 Å². The van der Waals surface area contributed by atoms with Crippen molar-refractivity contribution in [1.29, 1.82) is 0 Å². The quantitative estimate of drug-likeness (QED) is 0.611. The molecule has 0 fully saturated rings. The summed E-state index contributed by atoms with van der Waals surface area (Å²) in [6.07, 6.45) is 2.11. The first-order valence-electron chi connectivity index (χ1n) is 3.57. The normalized spacial score (nSPS) is 10.7. The lowest BCUT2D eigenvalue weighted by molar-refractivity contribution is 0.580. The van der Waals surface area contributed by atoms with Crippen molar-refractivity contribution >= 4 is 10.8 Å². The van der Waals surface area contributed by atoms with Gasteiger partial charge in [-0.15, -0.1) is 0 Å². The zero-order chi connectivity index (χ0) is 9.42. The Kier molecular flexibility index (Phi) is 1.69. The minimum absolute atomic E-state index is 0.123. The van der Waals surface area contributed by atoms with Gasteiger partial charge in [0.2, 0.25) is 0 Å². The molecule has 1 heterocycles. The topological polar surface area (TPSA) is 12.9 Å². The summed E-state index contributed by atoms with van der Waals surface area (Å²) in [6.45, 7) is 0. The number of aromatic nitrogens is 1. The Labute approximate surface area is 71.8 Å². The van der Waals surface area contributed by atoms with E-state index in [9.17, 15) is 13.2 Å². The molecule has 1 aromatic carbocycles. The van der Waals surface area contributed by atoms with Crippen LogP contribution in [0.4, 0.5) is 13.2 Å². The highest BCUT2D eigenvalue weighted by Gasteiger charge is 2.08. The van der Waals surface area contributed by atoms with Crippen LogP contribution in [0.15, 0.2) is 24.5 Å². The number of pyridine rings is 1. The van der Waals surface area contributed by atoms with Crippen LogP contribution in [0.2, 0.25) is 0 Å². The first kappa shape index (κ1) is 8.04. The van der Waals surface area contributed by atoms with E-state index < -0.39 is 17.5 Å². The molecule has 0 saturated heterocycles. The van der Waals surface area contributed by atoms with Crippen LogP contribution < -0.4 is 0 Å². The summed E-state index contributed by atoms with van der Waals surface area (Å²) in [4.78, 5) is 3.49. The minimum Gasteiger partial charge on any atom is -0.261 e. The lowest BCUT2D eigenvalue weighted by Gasteiger charge is -1.99. The van der Waals surface area contributed by atoms with Gasteiger partial charge in [-0.25, -0.2) is 13.2 Å². The van der Waals surface area contributed by atoms with Crippen molar-refractivity contribution in [2.45, 2.75) is 0 Å². The van der Waals surface area contributed by atoms with Crippen LogP contribution in [0.1, 0.15) is 0 Å². The van der Waals surface area contributed by atoms with Crippen molar-refractivity contribution in [3.05, 3.63) is 42.0 Å². The van der Waals surface area contributed by atoms with Crippen LogP contribution in [-0.2, 0) is 0 Å². The fourth-order valence-electron chi connectivity index (χ4n) is 1.19. The second-order valence-corrected chi connectivity index (χ2v) is 2.61. The van der Waals surface area contributed by atoms with E-state index in [2.05, 4.69) is 4.98 Å². The first-order valence-corrected chi connectivity index (χ1v) is 3.57. The van der Waals surface area contributed by atoms with Gasteiger partial charge in [0.25, 0.3) is 0 Å². The average molecular weight is 183 g/mol. The summed E-state index contributed by atoms with van der Waals surface area (Å²) in [6, 6.07) is 1.68. The number of fused-ring (bicyclic) bond motifs is 1. The van der Waals surface area contributed by atoms with E-state index in [1.807, 2.05) is 0 Å². The monoisotopic (exact) mass is 183 g/mol. The highest BCUT2D eigenvalue weighted by molar-refractivity contribution is 5.82. The highest BCUT2D eigenvalue weighted by atomic mass is 19.1. The molecule has 0 saturated carbocycles. The van der Waals surface area contributed by atoms with Gasteiger partial charge in [-0.2, -0.15) is 0 Å². The van der Waals surface area contributed by atoms with E-state index in [4.69, 9.17) is 0 Å². The number of rotatable bonds is 0. The molecule has 0 unspecified atom stereocenters. The van der Waals surface area contributed by atoms with E-state index >= 15 is 0 Å². The molecule has 0 N–H and O–H groups in total. The molecule has 0 aliphatic carbocycles. The van der Waals surface area contributed by atoms with Gasteiger partial charge in [-0.05, 0) is 6.07 Å². The van der Waals surface area contributed by atoms with Gasteiger partial charge in [0, 0.05) is 17.6 Å². The molecule has 66 valence electrons. The standard InChI is InChI=1S/C9H4F3N/c10-6-1-5-3-13-4-8(12)9(5)7(11)2-6/h1-4H. The fraction of sp³-hybridized carbons (Fsp3) is 0. The van der Waals surface area contributed by atoms with Crippen molar-refractivity contribution in [3.8, 4) is 0 Å². The molecule has 13 heavy (non-hydrogen) atoms. The molecular weight excluding hydrogens is 179 g/mol. The van der Waals surface area contributed by atoms with E-state index in [1.54, 1.807) is 0 Å². The molecule has 2 aromatic rings. The Morgan fingerprint density at radius 1 is 0.923 bits per heavy atom. The number of hydrogen-bond acceptors (Lipinski definition) is 1. The first-order chi connectivity index (χ1) is 6.18. The summed E-state index contributed by atoms with van der Waals surface area (Å²) < 4.78 is 38.6. The number of nitrogens with zero attached hydrogens (tertiary/aromatic N) is 1. The summed E-state index contributed by atoms with van der Waals surface area (Å²) in [7, 11) is 0. The maximum absolute atomic E-state index is 13.0. The molecule has 0 atom stereocenters. The average Bonchev–Trinajstić information content (AvgIpc) is 2.02. The van der Waals surface area contributed by atoms with Crippen LogP contribution in [0, 0.1) is 17.5 Å². The van der Waals surface area contributed by atoms with E-state index in [0.717, 1.165) is 12.3 Å². The summed E-state index contributed by atoms with van der Waals surface area (Å²) in [5.74, 6) is -2.43. The third-order valence-electron chi connectivity index (χ3n) is 1.73.